The van der Waals surface area contributed by atoms with Crippen molar-refractivity contribution in [2.24, 2.45) is 0 Å². The van der Waals surface area contributed by atoms with Crippen LogP contribution in [0.25, 0.3) is 0 Å². The van der Waals surface area contributed by atoms with Gasteiger partial charge in [-0.2, -0.15) is 0 Å². The van der Waals surface area contributed by atoms with Crippen LogP contribution in [0.1, 0.15) is 5.56 Å². The van der Waals surface area contributed by atoms with E-state index in [-0.39, 0.29) is 4.90 Å². The van der Waals surface area contributed by atoms with Gasteiger partial charge in [-0.05, 0) is 36.8 Å². The van der Waals surface area contributed by atoms with Crippen LogP contribution in [-0.2, 0) is 0 Å². The van der Waals surface area contributed by atoms with E-state index in [1.54, 1.807) is 6.07 Å². The minimum absolute atomic E-state index is 0.238. The van der Waals surface area contributed by atoms with Crippen LogP contribution in [0.4, 0.5) is 14.5 Å². The Hall–Kier alpha value is -1.55. The standard InChI is InChI=1S/C13H11F2NS/c1-8-3-2-4-11(13(8)16)17-12-7-9(14)5-6-10(12)15/h2-7H,16H2,1H3. The van der Waals surface area contributed by atoms with E-state index in [9.17, 15) is 8.78 Å². The van der Waals surface area contributed by atoms with Gasteiger partial charge in [0.1, 0.15) is 11.6 Å². The number of hydrogen-bond donors (Lipinski definition) is 1. The Bertz CT molecular complexity index is 555. The predicted octanol–water partition coefficient (Wildman–Crippen LogP) is 4.01. The summed E-state index contributed by atoms with van der Waals surface area (Å²) in [7, 11) is 0. The highest BCUT2D eigenvalue weighted by atomic mass is 32.2. The van der Waals surface area contributed by atoms with Crippen LogP contribution in [0.15, 0.2) is 46.2 Å². The fourth-order valence-electron chi connectivity index (χ4n) is 1.42. The van der Waals surface area contributed by atoms with E-state index in [2.05, 4.69) is 0 Å². The largest absolute Gasteiger partial charge is 0.398 e. The summed E-state index contributed by atoms with van der Waals surface area (Å²) in [6.45, 7) is 1.88. The lowest BCUT2D eigenvalue weighted by molar-refractivity contribution is 0.577. The molecule has 0 unspecified atom stereocenters. The van der Waals surface area contributed by atoms with Crippen molar-refractivity contribution in [3.63, 3.8) is 0 Å². The van der Waals surface area contributed by atoms with Crippen molar-refractivity contribution in [1.29, 1.82) is 0 Å². The monoisotopic (exact) mass is 251 g/mol. The molecule has 2 aromatic rings. The van der Waals surface area contributed by atoms with Crippen LogP contribution in [0.5, 0.6) is 0 Å². The fourth-order valence-corrected chi connectivity index (χ4v) is 2.41. The summed E-state index contributed by atoms with van der Waals surface area (Å²) in [5, 5.41) is 0. The average molecular weight is 251 g/mol. The molecule has 2 aromatic carbocycles. The number of aryl methyl sites for hydroxylation is 1. The van der Waals surface area contributed by atoms with E-state index >= 15 is 0 Å². The molecule has 17 heavy (non-hydrogen) atoms. The molecule has 2 N–H and O–H groups in total. The van der Waals surface area contributed by atoms with E-state index in [0.29, 0.717) is 5.69 Å². The third kappa shape index (κ3) is 2.58. The number of benzene rings is 2. The summed E-state index contributed by atoms with van der Waals surface area (Å²) >= 11 is 1.13. The highest BCUT2D eigenvalue weighted by Gasteiger charge is 2.08. The van der Waals surface area contributed by atoms with Gasteiger partial charge in [0, 0.05) is 10.6 Å². The average Bonchev–Trinajstić information content (AvgIpc) is 2.30. The van der Waals surface area contributed by atoms with Crippen molar-refractivity contribution in [3.8, 4) is 0 Å². The van der Waals surface area contributed by atoms with Crippen molar-refractivity contribution in [2.45, 2.75) is 16.7 Å². The molecule has 0 saturated carbocycles. The predicted molar refractivity (Wildman–Crippen MR) is 66.1 cm³/mol. The maximum Gasteiger partial charge on any atom is 0.137 e. The zero-order chi connectivity index (χ0) is 12.4. The van der Waals surface area contributed by atoms with Gasteiger partial charge in [-0.1, -0.05) is 23.9 Å². The van der Waals surface area contributed by atoms with Crippen LogP contribution in [0, 0.1) is 18.6 Å². The van der Waals surface area contributed by atoms with Gasteiger partial charge in [-0.25, -0.2) is 8.78 Å². The lowest BCUT2D eigenvalue weighted by atomic mass is 10.2. The zero-order valence-corrected chi connectivity index (χ0v) is 10.0. The van der Waals surface area contributed by atoms with E-state index in [1.807, 2.05) is 19.1 Å². The number of nitrogens with two attached hydrogens (primary N) is 1. The second kappa shape index (κ2) is 4.75. The van der Waals surface area contributed by atoms with Crippen molar-refractivity contribution >= 4 is 17.4 Å². The quantitative estimate of drug-likeness (QED) is 0.816. The maximum atomic E-state index is 13.5. The van der Waals surface area contributed by atoms with Gasteiger partial charge >= 0.3 is 0 Å². The molecule has 0 aliphatic rings. The number of halogens is 2. The maximum absolute atomic E-state index is 13.5. The Kier molecular flexibility index (Phi) is 3.33. The summed E-state index contributed by atoms with van der Waals surface area (Å²) in [4.78, 5) is 0.969. The van der Waals surface area contributed by atoms with Crippen LogP contribution < -0.4 is 5.73 Å². The second-order valence-corrected chi connectivity index (χ2v) is 4.75. The third-order valence-electron chi connectivity index (χ3n) is 2.40. The van der Waals surface area contributed by atoms with Crippen LogP contribution in [0.2, 0.25) is 0 Å². The van der Waals surface area contributed by atoms with Crippen molar-refractivity contribution < 1.29 is 8.78 Å². The Morgan fingerprint density at radius 1 is 1.06 bits per heavy atom. The van der Waals surface area contributed by atoms with E-state index in [0.717, 1.165) is 34.4 Å². The normalized spacial score (nSPS) is 10.5. The lowest BCUT2D eigenvalue weighted by Crippen LogP contribution is -1.92. The van der Waals surface area contributed by atoms with Crippen molar-refractivity contribution in [3.05, 3.63) is 53.6 Å². The summed E-state index contributed by atoms with van der Waals surface area (Å²) in [6, 6.07) is 8.88. The molecule has 0 saturated heterocycles. The van der Waals surface area contributed by atoms with Crippen LogP contribution in [0.3, 0.4) is 0 Å². The van der Waals surface area contributed by atoms with E-state index in [1.165, 1.54) is 6.07 Å². The fraction of sp³-hybridized carbons (Fsp3) is 0.0769. The molecule has 0 aliphatic heterocycles. The van der Waals surface area contributed by atoms with Gasteiger partial charge in [-0.3, -0.25) is 0 Å². The molecule has 4 heteroatoms. The van der Waals surface area contributed by atoms with Crippen molar-refractivity contribution in [1.82, 2.24) is 0 Å². The topological polar surface area (TPSA) is 26.0 Å². The molecular weight excluding hydrogens is 240 g/mol. The van der Waals surface area contributed by atoms with Gasteiger partial charge in [0.2, 0.25) is 0 Å². The molecule has 0 atom stereocenters. The SMILES string of the molecule is Cc1cccc(Sc2cc(F)ccc2F)c1N. The zero-order valence-electron chi connectivity index (χ0n) is 9.21. The van der Waals surface area contributed by atoms with Gasteiger partial charge in [0.25, 0.3) is 0 Å². The van der Waals surface area contributed by atoms with Gasteiger partial charge in [0.05, 0.1) is 4.90 Å². The molecule has 2 rings (SSSR count). The highest BCUT2D eigenvalue weighted by Crippen LogP contribution is 2.35. The first-order valence-electron chi connectivity index (χ1n) is 5.06. The third-order valence-corrected chi connectivity index (χ3v) is 3.51. The first-order valence-corrected chi connectivity index (χ1v) is 5.87. The molecule has 1 nitrogen and oxygen atoms in total. The molecule has 0 aliphatic carbocycles. The second-order valence-electron chi connectivity index (χ2n) is 3.66. The Morgan fingerprint density at radius 2 is 1.82 bits per heavy atom. The molecule has 0 amide bonds. The van der Waals surface area contributed by atoms with E-state index in [4.69, 9.17) is 5.73 Å². The number of nitrogen functional groups attached to an aromatic ring is 1. The molecule has 0 spiro atoms. The Balaban J connectivity index is 2.38. The first-order chi connectivity index (χ1) is 8.08. The Labute approximate surface area is 103 Å². The summed E-state index contributed by atoms with van der Waals surface area (Å²) in [5.74, 6) is -0.905. The smallest absolute Gasteiger partial charge is 0.137 e. The molecule has 0 heterocycles. The minimum atomic E-state index is -0.458. The molecule has 0 bridgehead atoms. The van der Waals surface area contributed by atoms with Crippen LogP contribution >= 0.6 is 11.8 Å². The Morgan fingerprint density at radius 3 is 2.59 bits per heavy atom. The highest BCUT2D eigenvalue weighted by molar-refractivity contribution is 7.99. The van der Waals surface area contributed by atoms with Gasteiger partial charge in [0.15, 0.2) is 0 Å². The number of anilines is 1. The lowest BCUT2D eigenvalue weighted by Gasteiger charge is -2.08. The summed E-state index contributed by atoms with van der Waals surface area (Å²) < 4.78 is 26.5. The summed E-state index contributed by atoms with van der Waals surface area (Å²) in [6.07, 6.45) is 0. The van der Waals surface area contributed by atoms with Crippen molar-refractivity contribution in [2.75, 3.05) is 5.73 Å². The van der Waals surface area contributed by atoms with Gasteiger partial charge in [-0.15, -0.1) is 0 Å². The molecule has 88 valence electrons. The molecule has 0 radical (unpaired) electrons. The molecular formula is C13H11F2NS. The first kappa shape index (κ1) is 11.9. The van der Waals surface area contributed by atoms with Gasteiger partial charge < -0.3 is 5.73 Å². The molecule has 0 fully saturated rings. The number of rotatable bonds is 2. The summed E-state index contributed by atoms with van der Waals surface area (Å²) in [5.41, 5.74) is 7.40. The number of hydrogen-bond acceptors (Lipinski definition) is 2. The molecule has 0 aromatic heterocycles. The number of para-hydroxylation sites is 1. The van der Waals surface area contributed by atoms with Crippen LogP contribution in [-0.4, -0.2) is 0 Å². The minimum Gasteiger partial charge on any atom is -0.398 e. The van der Waals surface area contributed by atoms with E-state index < -0.39 is 11.6 Å².